The molecule has 0 heterocycles. The topological polar surface area (TPSA) is 71.4 Å². The molecule has 1 N–H and O–H groups in total. The van der Waals surface area contributed by atoms with Crippen molar-refractivity contribution in [3.63, 3.8) is 0 Å². The zero-order valence-electron chi connectivity index (χ0n) is 8.25. The van der Waals surface area contributed by atoms with Gasteiger partial charge >= 0.3 is 5.97 Å². The number of aliphatic carboxylic acids is 1. The molecular formula is C10H12O4S. The molecule has 0 amide bonds. The predicted molar refractivity (Wildman–Crippen MR) is 56.3 cm³/mol. The van der Waals surface area contributed by atoms with Crippen LogP contribution in [0.1, 0.15) is 17.7 Å². The van der Waals surface area contributed by atoms with E-state index >= 15 is 0 Å². The van der Waals surface area contributed by atoms with Crippen LogP contribution >= 0.6 is 0 Å². The molecule has 5 heteroatoms. The first-order chi connectivity index (χ1) is 6.99. The first kappa shape index (κ1) is 11.7. The number of sulfone groups is 1. The molecule has 0 fully saturated rings. The maximum atomic E-state index is 11.6. The Labute approximate surface area is 88.5 Å². The molecule has 0 aliphatic heterocycles. The molecule has 1 unspecified atom stereocenters. The summed E-state index contributed by atoms with van der Waals surface area (Å²) in [7, 11) is -3.61. The van der Waals surface area contributed by atoms with Gasteiger partial charge in [0, 0.05) is 5.75 Å². The van der Waals surface area contributed by atoms with Crippen molar-refractivity contribution in [2.45, 2.75) is 12.2 Å². The molecule has 1 rings (SSSR count). The third-order valence-corrected chi connectivity index (χ3v) is 4.08. The first-order valence-corrected chi connectivity index (χ1v) is 6.20. The normalized spacial score (nSPS) is 13.4. The Morgan fingerprint density at radius 1 is 1.33 bits per heavy atom. The maximum absolute atomic E-state index is 11.6. The molecule has 15 heavy (non-hydrogen) atoms. The summed E-state index contributed by atoms with van der Waals surface area (Å²) in [5, 5.41) is 7.46. The molecule has 0 bridgehead atoms. The highest BCUT2D eigenvalue weighted by Gasteiger charge is 2.32. The summed E-state index contributed by atoms with van der Waals surface area (Å²) < 4.78 is 23.1. The highest BCUT2D eigenvalue weighted by Crippen LogP contribution is 2.22. The highest BCUT2D eigenvalue weighted by atomic mass is 32.2. The second kappa shape index (κ2) is 4.44. The van der Waals surface area contributed by atoms with E-state index in [2.05, 4.69) is 0 Å². The lowest BCUT2D eigenvalue weighted by Crippen LogP contribution is -2.23. The minimum atomic E-state index is -3.61. The summed E-state index contributed by atoms with van der Waals surface area (Å²) in [6.45, 7) is 1.44. The lowest BCUT2D eigenvalue weighted by atomic mass is 10.1. The van der Waals surface area contributed by atoms with Crippen LogP contribution in [-0.2, 0) is 14.6 Å². The largest absolute Gasteiger partial charge is 0.480 e. The number of benzene rings is 1. The van der Waals surface area contributed by atoms with Crippen molar-refractivity contribution in [2.75, 3.05) is 5.75 Å². The number of carboxylic acids is 1. The predicted octanol–water partition coefficient (Wildman–Crippen LogP) is 1.25. The molecule has 0 spiro atoms. The Hall–Kier alpha value is -1.36. The van der Waals surface area contributed by atoms with Crippen LogP contribution in [0.3, 0.4) is 0 Å². The van der Waals surface area contributed by atoms with Crippen molar-refractivity contribution >= 4 is 15.8 Å². The van der Waals surface area contributed by atoms with Crippen LogP contribution in [0.25, 0.3) is 0 Å². The molecule has 4 nitrogen and oxygen atoms in total. The van der Waals surface area contributed by atoms with Crippen molar-refractivity contribution in [3.05, 3.63) is 35.9 Å². The summed E-state index contributed by atoms with van der Waals surface area (Å²) >= 11 is 0. The Morgan fingerprint density at radius 2 is 1.87 bits per heavy atom. The molecule has 1 aromatic rings. The average Bonchev–Trinajstić information content (AvgIpc) is 2.18. The van der Waals surface area contributed by atoms with E-state index in [-0.39, 0.29) is 5.75 Å². The smallest absolute Gasteiger partial charge is 0.326 e. The fourth-order valence-electron chi connectivity index (χ4n) is 1.30. The van der Waals surface area contributed by atoms with E-state index in [1.165, 1.54) is 19.1 Å². The van der Waals surface area contributed by atoms with E-state index in [9.17, 15) is 13.2 Å². The molecule has 0 aliphatic carbocycles. The van der Waals surface area contributed by atoms with Crippen molar-refractivity contribution in [3.8, 4) is 0 Å². The van der Waals surface area contributed by atoms with Gasteiger partial charge in [0.1, 0.15) is 0 Å². The second-order valence-electron chi connectivity index (χ2n) is 3.08. The van der Waals surface area contributed by atoms with Crippen LogP contribution in [0, 0.1) is 0 Å². The van der Waals surface area contributed by atoms with E-state index in [1.54, 1.807) is 18.2 Å². The van der Waals surface area contributed by atoms with Gasteiger partial charge in [0.15, 0.2) is 15.1 Å². The summed E-state index contributed by atoms with van der Waals surface area (Å²) in [6.07, 6.45) is 0. The molecule has 0 aromatic heterocycles. The van der Waals surface area contributed by atoms with Crippen molar-refractivity contribution in [1.82, 2.24) is 0 Å². The summed E-state index contributed by atoms with van der Waals surface area (Å²) in [6, 6.07) is 7.96. The monoisotopic (exact) mass is 228 g/mol. The number of carboxylic acid groups (broad SMARTS) is 1. The fourth-order valence-corrected chi connectivity index (χ4v) is 2.51. The molecule has 1 atom stereocenters. The van der Waals surface area contributed by atoms with Crippen molar-refractivity contribution in [2.24, 2.45) is 0 Å². The SMILES string of the molecule is CCS(=O)(=O)C(C(=O)O)c1ccccc1. The molecule has 0 saturated heterocycles. The van der Waals surface area contributed by atoms with Crippen LogP contribution in [-0.4, -0.2) is 25.2 Å². The van der Waals surface area contributed by atoms with Crippen LogP contribution in [0.4, 0.5) is 0 Å². The van der Waals surface area contributed by atoms with Gasteiger partial charge < -0.3 is 5.11 Å². The van der Waals surface area contributed by atoms with Crippen LogP contribution in [0.2, 0.25) is 0 Å². The number of hydrogen-bond acceptors (Lipinski definition) is 3. The van der Waals surface area contributed by atoms with Gasteiger partial charge in [-0.25, -0.2) is 8.42 Å². The summed E-state index contributed by atoms with van der Waals surface area (Å²) in [5.74, 6) is -1.51. The van der Waals surface area contributed by atoms with Gasteiger partial charge in [0.2, 0.25) is 0 Å². The lowest BCUT2D eigenvalue weighted by molar-refractivity contribution is -0.136. The Balaban J connectivity index is 3.23. The quantitative estimate of drug-likeness (QED) is 0.841. The second-order valence-corrected chi connectivity index (χ2v) is 5.45. The van der Waals surface area contributed by atoms with E-state index in [0.29, 0.717) is 5.56 Å². The minimum absolute atomic E-state index is 0.182. The van der Waals surface area contributed by atoms with Gasteiger partial charge in [0.05, 0.1) is 0 Å². The van der Waals surface area contributed by atoms with Crippen LogP contribution in [0.15, 0.2) is 30.3 Å². The van der Waals surface area contributed by atoms with Gasteiger partial charge in [-0.05, 0) is 5.56 Å². The lowest BCUT2D eigenvalue weighted by Gasteiger charge is -2.11. The zero-order valence-corrected chi connectivity index (χ0v) is 9.07. The van der Waals surface area contributed by atoms with Gasteiger partial charge in [-0.2, -0.15) is 0 Å². The number of rotatable bonds is 4. The van der Waals surface area contributed by atoms with Crippen molar-refractivity contribution in [1.29, 1.82) is 0 Å². The Kier molecular flexibility index (Phi) is 3.47. The van der Waals surface area contributed by atoms with Gasteiger partial charge in [-0.3, -0.25) is 4.79 Å². The number of carbonyl (C=O) groups is 1. The van der Waals surface area contributed by atoms with E-state index in [0.717, 1.165) is 0 Å². The van der Waals surface area contributed by atoms with E-state index in [4.69, 9.17) is 5.11 Å². The fraction of sp³-hybridized carbons (Fsp3) is 0.300. The van der Waals surface area contributed by atoms with E-state index in [1.807, 2.05) is 0 Å². The summed E-state index contributed by atoms with van der Waals surface area (Å²) in [5.41, 5.74) is 0.298. The standard InChI is InChI=1S/C10H12O4S/c1-2-15(13,14)9(10(11)12)8-6-4-3-5-7-8/h3-7,9H,2H2,1H3,(H,11,12). The van der Waals surface area contributed by atoms with Gasteiger partial charge in [0.25, 0.3) is 0 Å². The minimum Gasteiger partial charge on any atom is -0.480 e. The maximum Gasteiger partial charge on any atom is 0.326 e. The first-order valence-electron chi connectivity index (χ1n) is 4.48. The van der Waals surface area contributed by atoms with Gasteiger partial charge in [-0.1, -0.05) is 37.3 Å². The molecular weight excluding hydrogens is 216 g/mol. The summed E-state index contributed by atoms with van der Waals surface area (Å²) in [4.78, 5) is 10.9. The van der Waals surface area contributed by atoms with Crippen LogP contribution in [0.5, 0.6) is 0 Å². The van der Waals surface area contributed by atoms with E-state index < -0.39 is 21.1 Å². The van der Waals surface area contributed by atoms with Gasteiger partial charge in [-0.15, -0.1) is 0 Å². The van der Waals surface area contributed by atoms with Crippen LogP contribution < -0.4 is 0 Å². The third-order valence-electron chi connectivity index (χ3n) is 2.09. The van der Waals surface area contributed by atoms with Crippen molar-refractivity contribution < 1.29 is 18.3 Å². The number of hydrogen-bond donors (Lipinski definition) is 1. The third kappa shape index (κ3) is 2.56. The zero-order chi connectivity index (χ0) is 11.5. The molecule has 0 aliphatic rings. The molecule has 1 aromatic carbocycles. The molecule has 82 valence electrons. The Bertz CT molecular complexity index is 436. The Morgan fingerprint density at radius 3 is 2.27 bits per heavy atom. The average molecular weight is 228 g/mol. The highest BCUT2D eigenvalue weighted by molar-refractivity contribution is 7.92. The molecule has 0 radical (unpaired) electrons. The molecule has 0 saturated carbocycles.